The zero-order valence-corrected chi connectivity index (χ0v) is 10.5. The van der Waals surface area contributed by atoms with Crippen LogP contribution in [0.4, 0.5) is 0 Å². The topological polar surface area (TPSA) is 59.3 Å². The minimum Gasteiger partial charge on any atom is -0.495 e. The Kier molecular flexibility index (Phi) is 4.32. The van der Waals surface area contributed by atoms with Gasteiger partial charge in [0, 0.05) is 0 Å². The van der Waals surface area contributed by atoms with Crippen LogP contribution in [0, 0.1) is 11.3 Å². The number of rotatable bonds is 3. The first-order valence-electron chi connectivity index (χ1n) is 4.59. The Morgan fingerprint density at radius 2 is 2.25 bits per heavy atom. The SMILES string of the molecule is CCOC(=O)c1ccc(C#N)c(Br)c1OC. The van der Waals surface area contributed by atoms with Crippen molar-refractivity contribution in [3.63, 3.8) is 0 Å². The minimum absolute atomic E-state index is 0.291. The fraction of sp³-hybridized carbons (Fsp3) is 0.273. The van der Waals surface area contributed by atoms with E-state index in [1.54, 1.807) is 13.0 Å². The molecular weight excluding hydrogens is 274 g/mol. The van der Waals surface area contributed by atoms with Crippen LogP contribution in [-0.2, 0) is 4.74 Å². The molecule has 0 aliphatic heterocycles. The molecule has 0 fully saturated rings. The molecular formula is C11H10BrNO3. The highest BCUT2D eigenvalue weighted by atomic mass is 79.9. The largest absolute Gasteiger partial charge is 0.495 e. The summed E-state index contributed by atoms with van der Waals surface area (Å²) in [6.07, 6.45) is 0. The Morgan fingerprint density at radius 1 is 1.56 bits per heavy atom. The standard InChI is InChI=1S/C11H10BrNO3/c1-3-16-11(14)8-5-4-7(6-13)9(12)10(8)15-2/h4-5H,3H2,1-2H3. The van der Waals surface area contributed by atoms with E-state index < -0.39 is 5.97 Å². The molecule has 84 valence electrons. The lowest BCUT2D eigenvalue weighted by molar-refractivity contribution is 0.0522. The van der Waals surface area contributed by atoms with Crippen LogP contribution in [0.15, 0.2) is 16.6 Å². The molecule has 0 spiro atoms. The van der Waals surface area contributed by atoms with Crippen molar-refractivity contribution in [3.05, 3.63) is 27.7 Å². The van der Waals surface area contributed by atoms with Crippen molar-refractivity contribution in [2.45, 2.75) is 6.92 Å². The second-order valence-corrected chi connectivity index (χ2v) is 3.63. The van der Waals surface area contributed by atoms with Crippen molar-refractivity contribution >= 4 is 21.9 Å². The molecule has 0 N–H and O–H groups in total. The van der Waals surface area contributed by atoms with Crippen LogP contribution in [0.5, 0.6) is 5.75 Å². The Morgan fingerprint density at radius 3 is 2.75 bits per heavy atom. The number of esters is 1. The first-order valence-corrected chi connectivity index (χ1v) is 5.38. The van der Waals surface area contributed by atoms with Gasteiger partial charge in [-0.15, -0.1) is 0 Å². The molecule has 0 aromatic heterocycles. The molecule has 0 radical (unpaired) electrons. The van der Waals surface area contributed by atoms with Gasteiger partial charge in [-0.1, -0.05) is 0 Å². The molecule has 0 saturated heterocycles. The van der Waals surface area contributed by atoms with Crippen LogP contribution in [0.2, 0.25) is 0 Å². The number of halogens is 1. The fourth-order valence-corrected chi connectivity index (χ4v) is 1.81. The van der Waals surface area contributed by atoms with Gasteiger partial charge >= 0.3 is 5.97 Å². The van der Waals surface area contributed by atoms with Crippen molar-refractivity contribution in [1.29, 1.82) is 5.26 Å². The zero-order valence-electron chi connectivity index (χ0n) is 8.91. The van der Waals surface area contributed by atoms with E-state index in [-0.39, 0.29) is 0 Å². The predicted molar refractivity (Wildman–Crippen MR) is 61.4 cm³/mol. The third kappa shape index (κ3) is 2.34. The van der Waals surface area contributed by atoms with Crippen LogP contribution in [-0.4, -0.2) is 19.7 Å². The molecule has 0 atom stereocenters. The second-order valence-electron chi connectivity index (χ2n) is 2.84. The molecule has 0 amide bonds. The molecule has 5 heteroatoms. The van der Waals surface area contributed by atoms with Crippen LogP contribution < -0.4 is 4.74 Å². The number of benzene rings is 1. The van der Waals surface area contributed by atoms with Gasteiger partial charge < -0.3 is 9.47 Å². The van der Waals surface area contributed by atoms with Gasteiger partial charge in [-0.2, -0.15) is 5.26 Å². The summed E-state index contributed by atoms with van der Waals surface area (Å²) >= 11 is 3.22. The number of methoxy groups -OCH3 is 1. The maximum Gasteiger partial charge on any atom is 0.341 e. The van der Waals surface area contributed by atoms with Crippen LogP contribution in [0.3, 0.4) is 0 Å². The molecule has 4 nitrogen and oxygen atoms in total. The molecule has 1 aromatic carbocycles. The van der Waals surface area contributed by atoms with Gasteiger partial charge in [0.15, 0.2) is 0 Å². The summed E-state index contributed by atoms with van der Waals surface area (Å²) in [4.78, 5) is 11.6. The highest BCUT2D eigenvalue weighted by Gasteiger charge is 2.18. The number of ether oxygens (including phenoxy) is 2. The third-order valence-corrected chi connectivity index (χ3v) is 2.70. The first-order chi connectivity index (χ1) is 7.65. The van der Waals surface area contributed by atoms with Crippen molar-refractivity contribution in [1.82, 2.24) is 0 Å². The number of nitriles is 1. The zero-order chi connectivity index (χ0) is 12.1. The number of hydrogen-bond acceptors (Lipinski definition) is 4. The smallest absolute Gasteiger partial charge is 0.341 e. The van der Waals surface area contributed by atoms with Gasteiger partial charge in [-0.3, -0.25) is 0 Å². The highest BCUT2D eigenvalue weighted by Crippen LogP contribution is 2.32. The molecule has 1 rings (SSSR count). The van der Waals surface area contributed by atoms with Gasteiger partial charge in [0.25, 0.3) is 0 Å². The van der Waals surface area contributed by atoms with Crippen molar-refractivity contribution in [3.8, 4) is 11.8 Å². The molecule has 0 heterocycles. The van der Waals surface area contributed by atoms with Gasteiger partial charge in [-0.25, -0.2) is 4.79 Å². The maximum absolute atomic E-state index is 11.6. The van der Waals surface area contributed by atoms with E-state index in [1.165, 1.54) is 13.2 Å². The minimum atomic E-state index is -0.468. The van der Waals surface area contributed by atoms with E-state index >= 15 is 0 Å². The molecule has 0 aliphatic rings. The van der Waals surface area contributed by atoms with E-state index in [4.69, 9.17) is 14.7 Å². The van der Waals surface area contributed by atoms with E-state index in [0.29, 0.717) is 28.0 Å². The average molecular weight is 284 g/mol. The lowest BCUT2D eigenvalue weighted by atomic mass is 10.1. The Hall–Kier alpha value is -1.54. The van der Waals surface area contributed by atoms with Gasteiger partial charge in [0.1, 0.15) is 17.4 Å². The molecule has 0 unspecified atom stereocenters. The Bertz CT molecular complexity index is 451. The second kappa shape index (κ2) is 5.52. The molecule has 1 aromatic rings. The number of carbonyl (C=O) groups is 1. The maximum atomic E-state index is 11.6. The normalized spacial score (nSPS) is 9.38. The predicted octanol–water partition coefficient (Wildman–Crippen LogP) is 2.51. The van der Waals surface area contributed by atoms with E-state index in [2.05, 4.69) is 15.9 Å². The number of carbonyl (C=O) groups excluding carboxylic acids is 1. The fourth-order valence-electron chi connectivity index (χ4n) is 1.21. The average Bonchev–Trinajstić information content (AvgIpc) is 2.28. The molecule has 16 heavy (non-hydrogen) atoms. The van der Waals surface area contributed by atoms with E-state index in [0.717, 1.165) is 0 Å². The van der Waals surface area contributed by atoms with Gasteiger partial charge in [0.2, 0.25) is 0 Å². The monoisotopic (exact) mass is 283 g/mol. The lowest BCUT2D eigenvalue weighted by Crippen LogP contribution is -2.07. The lowest BCUT2D eigenvalue weighted by Gasteiger charge is -2.10. The van der Waals surface area contributed by atoms with Gasteiger partial charge in [0.05, 0.1) is 23.8 Å². The summed E-state index contributed by atoms with van der Waals surface area (Å²) in [5.41, 5.74) is 0.708. The van der Waals surface area contributed by atoms with Crippen molar-refractivity contribution in [2.75, 3.05) is 13.7 Å². The van der Waals surface area contributed by atoms with Crippen LogP contribution in [0.1, 0.15) is 22.8 Å². The Labute approximate surface area is 102 Å². The first kappa shape index (κ1) is 12.5. The van der Waals surface area contributed by atoms with E-state index in [1.807, 2.05) is 6.07 Å². The quantitative estimate of drug-likeness (QED) is 0.800. The van der Waals surface area contributed by atoms with Crippen LogP contribution >= 0.6 is 15.9 Å². The summed E-state index contributed by atoms with van der Waals surface area (Å²) in [5.74, 6) is -0.151. The van der Waals surface area contributed by atoms with Crippen molar-refractivity contribution in [2.24, 2.45) is 0 Å². The molecule has 0 aliphatic carbocycles. The van der Waals surface area contributed by atoms with Gasteiger partial charge in [-0.05, 0) is 35.0 Å². The summed E-state index contributed by atoms with van der Waals surface area (Å²) in [6.45, 7) is 2.02. The third-order valence-electron chi connectivity index (χ3n) is 1.92. The summed E-state index contributed by atoms with van der Waals surface area (Å²) in [6, 6.07) is 5.04. The number of nitrogens with zero attached hydrogens (tertiary/aromatic N) is 1. The van der Waals surface area contributed by atoms with Crippen molar-refractivity contribution < 1.29 is 14.3 Å². The van der Waals surface area contributed by atoms with E-state index in [9.17, 15) is 4.79 Å². The highest BCUT2D eigenvalue weighted by molar-refractivity contribution is 9.10. The number of hydrogen-bond donors (Lipinski definition) is 0. The Balaban J connectivity index is 3.27. The molecule has 0 saturated carbocycles. The summed E-state index contributed by atoms with van der Waals surface area (Å²) in [5, 5.41) is 8.82. The summed E-state index contributed by atoms with van der Waals surface area (Å²) in [7, 11) is 1.43. The summed E-state index contributed by atoms with van der Waals surface area (Å²) < 4.78 is 10.4. The molecule has 0 bridgehead atoms. The van der Waals surface area contributed by atoms with Crippen LogP contribution in [0.25, 0.3) is 0 Å².